The van der Waals surface area contributed by atoms with Crippen molar-refractivity contribution in [2.75, 3.05) is 36.5 Å². The van der Waals surface area contributed by atoms with Crippen LogP contribution in [0.2, 0.25) is 0 Å². The summed E-state index contributed by atoms with van der Waals surface area (Å²) in [4.78, 5) is 22.9. The molecule has 1 amide bonds. The minimum absolute atomic E-state index is 0.501. The molecular formula is C17H22N4O3S. The predicted octanol–water partition coefficient (Wildman–Crippen LogP) is 3.39. The first-order valence-electron chi connectivity index (χ1n) is 8.15. The summed E-state index contributed by atoms with van der Waals surface area (Å²) in [5, 5.41) is 5.04. The topological polar surface area (TPSA) is 76.6 Å². The molecule has 8 heteroatoms. The summed E-state index contributed by atoms with van der Waals surface area (Å²) in [6.45, 7) is 8.63. The molecule has 0 aromatic carbocycles. The fraction of sp³-hybridized carbons (Fsp3) is 0.471. The summed E-state index contributed by atoms with van der Waals surface area (Å²) < 4.78 is 10.6. The third-order valence-corrected chi connectivity index (χ3v) is 4.25. The monoisotopic (exact) mass is 362 g/mol. The Morgan fingerprint density at radius 3 is 2.72 bits per heavy atom. The summed E-state index contributed by atoms with van der Waals surface area (Å²) in [7, 11) is 0. The Morgan fingerprint density at radius 2 is 2.08 bits per heavy atom. The summed E-state index contributed by atoms with van der Waals surface area (Å²) in [6.07, 6.45) is 1.30. The molecule has 134 valence electrons. The molecule has 1 saturated heterocycles. The van der Waals surface area contributed by atoms with Crippen molar-refractivity contribution < 1.29 is 14.3 Å². The highest BCUT2D eigenvalue weighted by atomic mass is 32.1. The molecule has 1 N–H and O–H groups in total. The van der Waals surface area contributed by atoms with Gasteiger partial charge in [-0.2, -0.15) is 0 Å². The van der Waals surface area contributed by atoms with E-state index in [0.717, 1.165) is 43.4 Å². The second-order valence-electron chi connectivity index (χ2n) is 6.67. The maximum atomic E-state index is 11.8. The van der Waals surface area contributed by atoms with Gasteiger partial charge in [0.1, 0.15) is 11.4 Å². The number of hydrogen-bond acceptors (Lipinski definition) is 7. The van der Waals surface area contributed by atoms with E-state index in [-0.39, 0.29) is 0 Å². The molecule has 0 atom stereocenters. The van der Waals surface area contributed by atoms with Crippen LogP contribution in [-0.2, 0) is 9.47 Å². The lowest BCUT2D eigenvalue weighted by molar-refractivity contribution is 0.0636. The molecule has 0 bridgehead atoms. The lowest BCUT2D eigenvalue weighted by Crippen LogP contribution is -2.36. The van der Waals surface area contributed by atoms with E-state index in [1.54, 1.807) is 6.20 Å². The fourth-order valence-electron chi connectivity index (χ4n) is 2.37. The minimum atomic E-state index is -0.538. The van der Waals surface area contributed by atoms with Crippen LogP contribution in [0.4, 0.5) is 15.7 Å². The molecule has 2 aromatic rings. The second-order valence-corrected chi connectivity index (χ2v) is 7.53. The van der Waals surface area contributed by atoms with E-state index in [4.69, 9.17) is 9.47 Å². The molecule has 1 aliphatic rings. The summed E-state index contributed by atoms with van der Waals surface area (Å²) in [5.41, 5.74) is 1.14. The van der Waals surface area contributed by atoms with Gasteiger partial charge in [-0.15, -0.1) is 11.3 Å². The van der Waals surface area contributed by atoms with E-state index in [9.17, 15) is 4.79 Å². The Labute approximate surface area is 151 Å². The van der Waals surface area contributed by atoms with Crippen LogP contribution in [0.1, 0.15) is 20.8 Å². The number of thiazole rings is 1. The number of nitrogens with one attached hydrogen (secondary N) is 1. The fourth-order valence-corrected chi connectivity index (χ4v) is 3.08. The number of pyridine rings is 1. The van der Waals surface area contributed by atoms with Gasteiger partial charge in [-0.05, 0) is 32.9 Å². The van der Waals surface area contributed by atoms with Gasteiger partial charge in [-0.3, -0.25) is 5.32 Å². The van der Waals surface area contributed by atoms with E-state index < -0.39 is 11.7 Å². The van der Waals surface area contributed by atoms with Crippen LogP contribution in [-0.4, -0.2) is 48.0 Å². The Morgan fingerprint density at radius 1 is 1.32 bits per heavy atom. The van der Waals surface area contributed by atoms with E-state index in [1.165, 1.54) is 11.3 Å². The number of aromatic nitrogens is 2. The summed E-state index contributed by atoms with van der Waals surface area (Å²) >= 11 is 1.35. The smallest absolute Gasteiger partial charge is 0.413 e. The van der Waals surface area contributed by atoms with Gasteiger partial charge in [0, 0.05) is 30.2 Å². The third-order valence-electron chi connectivity index (χ3n) is 3.49. The second kappa shape index (κ2) is 7.37. The molecule has 0 unspecified atom stereocenters. The van der Waals surface area contributed by atoms with Gasteiger partial charge in [0.25, 0.3) is 0 Å². The molecule has 1 aliphatic heterocycles. The number of carbonyl (C=O) groups excluding carboxylic acids is 1. The van der Waals surface area contributed by atoms with Crippen molar-refractivity contribution in [2.24, 2.45) is 0 Å². The van der Waals surface area contributed by atoms with Crippen molar-refractivity contribution in [2.45, 2.75) is 26.4 Å². The number of amides is 1. The van der Waals surface area contributed by atoms with E-state index in [1.807, 2.05) is 38.3 Å². The minimum Gasteiger partial charge on any atom is -0.444 e. The molecular weight excluding hydrogens is 340 g/mol. The highest BCUT2D eigenvalue weighted by Gasteiger charge is 2.18. The predicted molar refractivity (Wildman–Crippen MR) is 98.2 cm³/mol. The number of hydrogen-bond donors (Lipinski definition) is 1. The SMILES string of the molecule is CC(C)(C)OC(=O)Nc1nc(-c2ccc(N3CCOCC3)nc2)cs1. The largest absolute Gasteiger partial charge is 0.444 e. The van der Waals surface area contributed by atoms with Gasteiger partial charge in [0.05, 0.1) is 18.9 Å². The zero-order valence-corrected chi connectivity index (χ0v) is 15.4. The first-order valence-corrected chi connectivity index (χ1v) is 9.03. The molecule has 7 nitrogen and oxygen atoms in total. The van der Waals surface area contributed by atoms with Crippen molar-refractivity contribution in [3.05, 3.63) is 23.7 Å². The normalized spacial score (nSPS) is 15.1. The van der Waals surface area contributed by atoms with Crippen molar-refractivity contribution in [1.29, 1.82) is 0 Å². The third kappa shape index (κ3) is 4.90. The van der Waals surface area contributed by atoms with Crippen molar-refractivity contribution in [1.82, 2.24) is 9.97 Å². The van der Waals surface area contributed by atoms with Crippen LogP contribution in [0.3, 0.4) is 0 Å². The van der Waals surface area contributed by atoms with Crippen LogP contribution in [0.15, 0.2) is 23.7 Å². The van der Waals surface area contributed by atoms with Gasteiger partial charge in [-0.25, -0.2) is 14.8 Å². The van der Waals surface area contributed by atoms with Gasteiger partial charge in [0.2, 0.25) is 0 Å². The van der Waals surface area contributed by atoms with Gasteiger partial charge in [0.15, 0.2) is 5.13 Å². The zero-order chi connectivity index (χ0) is 17.9. The average Bonchev–Trinajstić information content (AvgIpc) is 3.02. The first kappa shape index (κ1) is 17.6. The van der Waals surface area contributed by atoms with Crippen LogP contribution in [0, 0.1) is 0 Å². The van der Waals surface area contributed by atoms with E-state index in [2.05, 4.69) is 20.2 Å². The average molecular weight is 362 g/mol. The molecule has 3 rings (SSSR count). The summed E-state index contributed by atoms with van der Waals surface area (Å²) in [5.74, 6) is 0.939. The van der Waals surface area contributed by atoms with Crippen LogP contribution >= 0.6 is 11.3 Å². The van der Waals surface area contributed by atoms with Crippen LogP contribution < -0.4 is 10.2 Å². The Kier molecular flexibility index (Phi) is 5.19. The molecule has 0 saturated carbocycles. The number of nitrogens with zero attached hydrogens (tertiary/aromatic N) is 3. The van der Waals surface area contributed by atoms with Crippen LogP contribution in [0.5, 0.6) is 0 Å². The molecule has 2 aromatic heterocycles. The van der Waals surface area contributed by atoms with E-state index >= 15 is 0 Å². The molecule has 25 heavy (non-hydrogen) atoms. The lowest BCUT2D eigenvalue weighted by atomic mass is 10.2. The molecule has 0 aliphatic carbocycles. The lowest BCUT2D eigenvalue weighted by Gasteiger charge is -2.27. The first-order chi connectivity index (χ1) is 11.9. The molecule has 0 radical (unpaired) electrons. The molecule has 0 spiro atoms. The highest BCUT2D eigenvalue weighted by molar-refractivity contribution is 7.14. The van der Waals surface area contributed by atoms with Crippen LogP contribution in [0.25, 0.3) is 11.3 Å². The molecule has 1 fully saturated rings. The quantitative estimate of drug-likeness (QED) is 0.902. The molecule has 3 heterocycles. The van der Waals surface area contributed by atoms with E-state index in [0.29, 0.717) is 5.13 Å². The van der Waals surface area contributed by atoms with Gasteiger partial charge < -0.3 is 14.4 Å². The highest BCUT2D eigenvalue weighted by Crippen LogP contribution is 2.26. The maximum absolute atomic E-state index is 11.8. The zero-order valence-electron chi connectivity index (χ0n) is 14.6. The standard InChI is InChI=1S/C17H22N4O3S/c1-17(2,3)24-16(22)20-15-19-13(11-25-15)12-4-5-14(18-10-12)21-6-8-23-9-7-21/h4-5,10-11H,6-9H2,1-3H3,(H,19,20,22). The number of morpholine rings is 1. The number of carbonyl (C=O) groups is 1. The van der Waals surface area contributed by atoms with Crippen molar-refractivity contribution in [3.63, 3.8) is 0 Å². The summed E-state index contributed by atoms with van der Waals surface area (Å²) in [6, 6.07) is 3.98. The number of anilines is 2. The number of rotatable bonds is 3. The van der Waals surface area contributed by atoms with Crippen molar-refractivity contribution in [3.8, 4) is 11.3 Å². The van der Waals surface area contributed by atoms with Crippen molar-refractivity contribution >= 4 is 28.4 Å². The Balaban J connectivity index is 1.64. The maximum Gasteiger partial charge on any atom is 0.413 e. The van der Waals surface area contributed by atoms with Gasteiger partial charge >= 0.3 is 6.09 Å². The Hall–Kier alpha value is -2.19. The Bertz CT molecular complexity index is 718. The van der Waals surface area contributed by atoms with Gasteiger partial charge in [-0.1, -0.05) is 0 Å². The number of ether oxygens (including phenoxy) is 2.